The predicted octanol–water partition coefficient (Wildman–Crippen LogP) is 1.94. The highest BCUT2D eigenvalue weighted by Gasteiger charge is 2.21. The quantitative estimate of drug-likeness (QED) is 0.784. The largest absolute Gasteiger partial charge is 0.393 e. The minimum atomic E-state index is -0.236. The molecule has 134 valence electrons. The van der Waals surface area contributed by atoms with Crippen molar-refractivity contribution in [3.05, 3.63) is 23.8 Å². The lowest BCUT2D eigenvalue weighted by atomic mass is 10.1. The standard InChI is InChI=1S/C17H21N5O2.ClH/c1-24-9-6-19-16-15-10-12(11-18)2-3-14(15)17(21-20-16)22-7-4-13(23)5-8-22;/h2-3,10,13,23H,4-9H2,1H3,(H,19,20);1H. The molecule has 0 radical (unpaired) electrons. The van der Waals surface area contributed by atoms with Gasteiger partial charge in [-0.25, -0.2) is 0 Å². The molecule has 8 heteroatoms. The van der Waals surface area contributed by atoms with Crippen molar-refractivity contribution in [3.63, 3.8) is 0 Å². The Labute approximate surface area is 153 Å². The van der Waals surface area contributed by atoms with Crippen LogP contribution in [0.25, 0.3) is 10.8 Å². The van der Waals surface area contributed by atoms with Gasteiger partial charge in [0.25, 0.3) is 0 Å². The van der Waals surface area contributed by atoms with Gasteiger partial charge >= 0.3 is 0 Å². The molecule has 0 atom stereocenters. The fourth-order valence-corrected chi connectivity index (χ4v) is 2.92. The van der Waals surface area contributed by atoms with Gasteiger partial charge in [0.15, 0.2) is 11.6 Å². The van der Waals surface area contributed by atoms with Gasteiger partial charge in [0.1, 0.15) is 0 Å². The van der Waals surface area contributed by atoms with E-state index in [1.807, 2.05) is 12.1 Å². The van der Waals surface area contributed by atoms with Gasteiger partial charge in [0.2, 0.25) is 0 Å². The van der Waals surface area contributed by atoms with Crippen molar-refractivity contribution < 1.29 is 9.84 Å². The number of aliphatic hydroxyl groups excluding tert-OH is 1. The molecule has 3 rings (SSSR count). The summed E-state index contributed by atoms with van der Waals surface area (Å²) in [5.74, 6) is 1.46. The molecule has 0 saturated carbocycles. The average Bonchev–Trinajstić information content (AvgIpc) is 2.62. The van der Waals surface area contributed by atoms with Crippen LogP contribution < -0.4 is 10.2 Å². The van der Waals surface area contributed by atoms with Crippen molar-refractivity contribution >= 4 is 34.8 Å². The third-order valence-electron chi connectivity index (χ3n) is 4.25. The summed E-state index contributed by atoms with van der Waals surface area (Å²) in [7, 11) is 1.65. The summed E-state index contributed by atoms with van der Waals surface area (Å²) in [5, 5.41) is 32.6. The van der Waals surface area contributed by atoms with Gasteiger partial charge in [-0.05, 0) is 31.0 Å². The fraction of sp³-hybridized carbons (Fsp3) is 0.471. The molecule has 1 saturated heterocycles. The van der Waals surface area contributed by atoms with Crippen LogP contribution in [0.5, 0.6) is 0 Å². The van der Waals surface area contributed by atoms with Gasteiger partial charge in [-0.1, -0.05) is 0 Å². The molecule has 0 unspecified atom stereocenters. The summed E-state index contributed by atoms with van der Waals surface area (Å²) in [4.78, 5) is 2.15. The Morgan fingerprint density at radius 1 is 1.32 bits per heavy atom. The summed E-state index contributed by atoms with van der Waals surface area (Å²) in [6, 6.07) is 7.72. The minimum absolute atomic E-state index is 0. The normalized spacial score (nSPS) is 14.8. The molecule has 1 aliphatic heterocycles. The molecule has 25 heavy (non-hydrogen) atoms. The van der Waals surface area contributed by atoms with E-state index in [-0.39, 0.29) is 18.5 Å². The number of hydrogen-bond acceptors (Lipinski definition) is 7. The van der Waals surface area contributed by atoms with E-state index in [1.54, 1.807) is 13.2 Å². The summed E-state index contributed by atoms with van der Waals surface area (Å²) >= 11 is 0. The van der Waals surface area contributed by atoms with Crippen LogP contribution in [0.4, 0.5) is 11.6 Å². The highest BCUT2D eigenvalue weighted by atomic mass is 35.5. The topological polar surface area (TPSA) is 94.3 Å². The number of halogens is 1. The molecular formula is C17H22ClN5O2. The van der Waals surface area contributed by atoms with Crippen molar-refractivity contribution in [2.75, 3.05) is 43.6 Å². The molecule has 1 aromatic carbocycles. The molecule has 7 nitrogen and oxygen atoms in total. The SMILES string of the molecule is COCCNc1nnc(N2CCC(O)CC2)c2ccc(C#N)cc12.Cl. The molecule has 1 aliphatic rings. The summed E-state index contributed by atoms with van der Waals surface area (Å²) < 4.78 is 5.05. The first-order valence-electron chi connectivity index (χ1n) is 8.09. The number of nitrogens with zero attached hydrogens (tertiary/aromatic N) is 4. The summed E-state index contributed by atoms with van der Waals surface area (Å²) in [6.45, 7) is 2.68. The predicted molar refractivity (Wildman–Crippen MR) is 99.3 cm³/mol. The number of nitriles is 1. The Balaban J connectivity index is 0.00000225. The van der Waals surface area contributed by atoms with Gasteiger partial charge in [-0.15, -0.1) is 22.6 Å². The number of aliphatic hydroxyl groups is 1. The molecule has 2 aromatic rings. The van der Waals surface area contributed by atoms with Gasteiger partial charge in [0.05, 0.1) is 24.3 Å². The van der Waals surface area contributed by atoms with Crippen LogP contribution in [0, 0.1) is 11.3 Å². The van der Waals surface area contributed by atoms with E-state index in [0.717, 1.165) is 42.5 Å². The molecule has 0 aliphatic carbocycles. The first kappa shape index (κ1) is 19.2. The van der Waals surface area contributed by atoms with Crippen LogP contribution in [0.3, 0.4) is 0 Å². The lowest BCUT2D eigenvalue weighted by molar-refractivity contribution is 0.145. The molecular weight excluding hydrogens is 342 g/mol. The second-order valence-corrected chi connectivity index (χ2v) is 5.88. The zero-order valence-electron chi connectivity index (χ0n) is 14.1. The first-order valence-corrected chi connectivity index (χ1v) is 8.09. The minimum Gasteiger partial charge on any atom is -0.393 e. The molecule has 2 N–H and O–H groups in total. The van der Waals surface area contributed by atoms with Crippen molar-refractivity contribution in [1.29, 1.82) is 5.26 Å². The number of aromatic nitrogens is 2. The van der Waals surface area contributed by atoms with E-state index in [1.165, 1.54) is 0 Å². The van der Waals surface area contributed by atoms with E-state index in [4.69, 9.17) is 4.74 Å². The molecule has 0 bridgehead atoms. The van der Waals surface area contributed by atoms with Crippen LogP contribution in [0.2, 0.25) is 0 Å². The van der Waals surface area contributed by atoms with Crippen molar-refractivity contribution in [3.8, 4) is 6.07 Å². The van der Waals surface area contributed by atoms with E-state index >= 15 is 0 Å². The Hall–Kier alpha value is -2.14. The van der Waals surface area contributed by atoms with E-state index < -0.39 is 0 Å². The molecule has 0 spiro atoms. The zero-order valence-corrected chi connectivity index (χ0v) is 14.9. The number of anilines is 2. The Morgan fingerprint density at radius 3 is 2.76 bits per heavy atom. The number of fused-ring (bicyclic) bond motifs is 1. The van der Waals surface area contributed by atoms with Gasteiger partial charge < -0.3 is 20.1 Å². The number of rotatable bonds is 5. The van der Waals surface area contributed by atoms with E-state index in [9.17, 15) is 10.4 Å². The average molecular weight is 364 g/mol. The second kappa shape index (κ2) is 8.81. The second-order valence-electron chi connectivity index (χ2n) is 5.88. The number of ether oxygens (including phenoxy) is 1. The van der Waals surface area contributed by atoms with Gasteiger partial charge in [0, 0.05) is 37.5 Å². The highest BCUT2D eigenvalue weighted by molar-refractivity contribution is 5.99. The number of hydrogen-bond donors (Lipinski definition) is 2. The van der Waals surface area contributed by atoms with Crippen LogP contribution in [-0.4, -0.2) is 54.8 Å². The number of benzene rings is 1. The number of nitrogens with one attached hydrogen (secondary N) is 1. The first-order chi connectivity index (χ1) is 11.7. The van der Waals surface area contributed by atoms with Crippen molar-refractivity contribution in [1.82, 2.24) is 10.2 Å². The lowest BCUT2D eigenvalue weighted by Crippen LogP contribution is -2.36. The number of methoxy groups -OCH3 is 1. The lowest BCUT2D eigenvalue weighted by Gasteiger charge is -2.31. The van der Waals surface area contributed by atoms with E-state index in [2.05, 4.69) is 26.5 Å². The third kappa shape index (κ3) is 4.28. The highest BCUT2D eigenvalue weighted by Crippen LogP contribution is 2.30. The Kier molecular flexibility index (Phi) is 6.76. The maximum atomic E-state index is 9.70. The summed E-state index contributed by atoms with van der Waals surface area (Å²) in [6.07, 6.45) is 1.22. The number of piperidine rings is 1. The van der Waals surface area contributed by atoms with Gasteiger partial charge in [-0.3, -0.25) is 0 Å². The monoisotopic (exact) mass is 363 g/mol. The van der Waals surface area contributed by atoms with Crippen LogP contribution in [-0.2, 0) is 4.74 Å². The Bertz CT molecular complexity index is 757. The molecule has 1 fully saturated rings. The maximum Gasteiger partial charge on any atom is 0.159 e. The smallest absolute Gasteiger partial charge is 0.159 e. The van der Waals surface area contributed by atoms with Crippen LogP contribution >= 0.6 is 12.4 Å². The molecule has 1 aromatic heterocycles. The van der Waals surface area contributed by atoms with Crippen LogP contribution in [0.1, 0.15) is 18.4 Å². The van der Waals surface area contributed by atoms with Crippen LogP contribution in [0.15, 0.2) is 18.2 Å². The Morgan fingerprint density at radius 2 is 2.08 bits per heavy atom. The molecule has 0 amide bonds. The molecule has 2 heterocycles. The third-order valence-corrected chi connectivity index (χ3v) is 4.25. The zero-order chi connectivity index (χ0) is 16.9. The maximum absolute atomic E-state index is 9.70. The van der Waals surface area contributed by atoms with E-state index in [0.29, 0.717) is 24.5 Å². The van der Waals surface area contributed by atoms with Gasteiger partial charge in [-0.2, -0.15) is 5.26 Å². The summed E-state index contributed by atoms with van der Waals surface area (Å²) in [5.41, 5.74) is 0.588. The van der Waals surface area contributed by atoms with Crippen molar-refractivity contribution in [2.24, 2.45) is 0 Å². The fourth-order valence-electron chi connectivity index (χ4n) is 2.92. The van der Waals surface area contributed by atoms with Crippen molar-refractivity contribution in [2.45, 2.75) is 18.9 Å².